The van der Waals surface area contributed by atoms with E-state index in [0.717, 1.165) is 23.3 Å². The van der Waals surface area contributed by atoms with Gasteiger partial charge in [-0.2, -0.15) is 0 Å². The van der Waals surface area contributed by atoms with Crippen LogP contribution in [0.4, 0.5) is 8.78 Å². The summed E-state index contributed by atoms with van der Waals surface area (Å²) in [4.78, 5) is 12.1. The predicted molar refractivity (Wildman–Crippen MR) is 83.1 cm³/mol. The fourth-order valence-electron chi connectivity index (χ4n) is 2.04. The minimum absolute atomic E-state index is 0.394. The number of carbonyl (C=O) groups is 1. The number of rotatable bonds is 5. The van der Waals surface area contributed by atoms with Crippen LogP contribution in [0.1, 0.15) is 27.5 Å². The molecule has 2 rings (SSSR count). The van der Waals surface area contributed by atoms with E-state index in [0.29, 0.717) is 11.9 Å². The Balaban J connectivity index is 2.20. The Kier molecular flexibility index (Phi) is 5.68. The van der Waals surface area contributed by atoms with E-state index in [1.165, 1.54) is 6.07 Å². The SMILES string of the molecule is O=C(NC(C[Si])c1ccc(CCl)cc1)c1c(F)cccc1F. The van der Waals surface area contributed by atoms with Crippen LogP contribution in [0, 0.1) is 11.6 Å². The Morgan fingerprint density at radius 3 is 2.23 bits per heavy atom. The highest BCUT2D eigenvalue weighted by Crippen LogP contribution is 2.20. The van der Waals surface area contributed by atoms with Crippen molar-refractivity contribution in [2.75, 3.05) is 0 Å². The van der Waals surface area contributed by atoms with E-state index in [2.05, 4.69) is 15.6 Å². The molecular weight excluding hydrogens is 324 g/mol. The number of hydrogen-bond acceptors (Lipinski definition) is 1. The maximum atomic E-state index is 13.6. The van der Waals surface area contributed by atoms with Crippen molar-refractivity contribution < 1.29 is 13.6 Å². The molecule has 2 nitrogen and oxygen atoms in total. The van der Waals surface area contributed by atoms with Gasteiger partial charge in [0, 0.05) is 16.1 Å². The summed E-state index contributed by atoms with van der Waals surface area (Å²) in [5.41, 5.74) is 1.18. The van der Waals surface area contributed by atoms with Gasteiger partial charge in [0.1, 0.15) is 17.2 Å². The minimum Gasteiger partial charge on any atom is -0.345 e. The van der Waals surface area contributed by atoms with Crippen LogP contribution >= 0.6 is 11.6 Å². The summed E-state index contributed by atoms with van der Waals surface area (Å²) in [5, 5.41) is 2.62. The van der Waals surface area contributed by atoms with Crippen LogP contribution in [0.5, 0.6) is 0 Å². The second-order valence-corrected chi connectivity index (χ2v) is 5.38. The molecule has 0 saturated carbocycles. The lowest BCUT2D eigenvalue weighted by Gasteiger charge is -2.18. The van der Waals surface area contributed by atoms with E-state index in [4.69, 9.17) is 11.6 Å². The summed E-state index contributed by atoms with van der Waals surface area (Å²) in [5.74, 6) is -2.17. The molecule has 113 valence electrons. The highest BCUT2D eigenvalue weighted by atomic mass is 35.5. The molecule has 22 heavy (non-hydrogen) atoms. The summed E-state index contributed by atoms with van der Waals surface area (Å²) >= 11 is 5.73. The van der Waals surface area contributed by atoms with Crippen LogP contribution in [0.15, 0.2) is 42.5 Å². The van der Waals surface area contributed by atoms with Gasteiger partial charge in [0.2, 0.25) is 0 Å². The van der Waals surface area contributed by atoms with Crippen molar-refractivity contribution in [2.24, 2.45) is 0 Å². The summed E-state index contributed by atoms with van der Waals surface area (Å²) in [6, 6.07) is 10.6. The Labute approximate surface area is 135 Å². The molecule has 0 spiro atoms. The molecule has 0 saturated heterocycles. The third-order valence-electron chi connectivity index (χ3n) is 3.24. The number of amides is 1. The van der Waals surface area contributed by atoms with Crippen molar-refractivity contribution >= 4 is 27.8 Å². The Morgan fingerprint density at radius 2 is 1.73 bits per heavy atom. The zero-order valence-corrected chi connectivity index (χ0v) is 13.3. The maximum Gasteiger partial charge on any atom is 0.257 e. The van der Waals surface area contributed by atoms with Gasteiger partial charge in [-0.3, -0.25) is 4.79 Å². The molecule has 1 N–H and O–H groups in total. The third-order valence-corrected chi connectivity index (χ3v) is 3.95. The van der Waals surface area contributed by atoms with Crippen LogP contribution in [0.25, 0.3) is 0 Å². The van der Waals surface area contributed by atoms with Crippen LogP contribution < -0.4 is 5.32 Å². The summed E-state index contributed by atoms with van der Waals surface area (Å²) in [7, 11) is 3.35. The summed E-state index contributed by atoms with van der Waals surface area (Å²) in [6.07, 6.45) is 0. The number of hydrogen-bond donors (Lipinski definition) is 1. The number of carbonyl (C=O) groups excluding carboxylic acids is 1. The first kappa shape index (κ1) is 16.6. The monoisotopic (exact) mass is 336 g/mol. The molecule has 0 bridgehead atoms. The maximum absolute atomic E-state index is 13.6. The lowest BCUT2D eigenvalue weighted by Crippen LogP contribution is -2.29. The second-order valence-electron chi connectivity index (χ2n) is 4.70. The molecule has 0 aromatic heterocycles. The van der Waals surface area contributed by atoms with Crippen LogP contribution in [0.2, 0.25) is 6.04 Å². The van der Waals surface area contributed by atoms with E-state index in [1.54, 1.807) is 0 Å². The molecule has 0 aliphatic rings. The van der Waals surface area contributed by atoms with Crippen LogP contribution in [-0.4, -0.2) is 16.1 Å². The molecule has 2 aromatic carbocycles. The van der Waals surface area contributed by atoms with Crippen molar-refractivity contribution in [1.29, 1.82) is 0 Å². The van der Waals surface area contributed by atoms with Gasteiger partial charge < -0.3 is 5.32 Å². The molecule has 6 heteroatoms. The smallest absolute Gasteiger partial charge is 0.257 e. The van der Waals surface area contributed by atoms with Gasteiger partial charge in [0.15, 0.2) is 0 Å². The first-order chi connectivity index (χ1) is 10.6. The average Bonchev–Trinajstić information content (AvgIpc) is 2.52. The largest absolute Gasteiger partial charge is 0.345 e. The second kappa shape index (κ2) is 7.51. The van der Waals surface area contributed by atoms with Gasteiger partial charge >= 0.3 is 0 Å². The first-order valence-electron chi connectivity index (χ1n) is 6.61. The molecule has 2 aromatic rings. The molecule has 1 atom stereocenters. The summed E-state index contributed by atoms with van der Waals surface area (Å²) in [6.45, 7) is 0. The van der Waals surface area contributed by atoms with E-state index in [1.807, 2.05) is 24.3 Å². The zero-order chi connectivity index (χ0) is 16.1. The predicted octanol–water partition coefficient (Wildman–Crippen LogP) is 3.76. The van der Waals surface area contributed by atoms with Gasteiger partial charge in [-0.05, 0) is 29.3 Å². The van der Waals surface area contributed by atoms with Gasteiger partial charge in [-0.1, -0.05) is 30.3 Å². The zero-order valence-electron chi connectivity index (χ0n) is 11.6. The first-order valence-corrected chi connectivity index (χ1v) is 7.85. The highest BCUT2D eigenvalue weighted by molar-refractivity contribution is 6.17. The quantitative estimate of drug-likeness (QED) is 0.653. The van der Waals surface area contributed by atoms with E-state index >= 15 is 0 Å². The van der Waals surface area contributed by atoms with Crippen molar-refractivity contribution in [1.82, 2.24) is 5.32 Å². The van der Waals surface area contributed by atoms with E-state index in [9.17, 15) is 13.6 Å². The molecule has 0 aliphatic heterocycles. The molecule has 3 radical (unpaired) electrons. The molecular formula is C16H13ClF2NOSi. The molecule has 1 amide bonds. The van der Waals surface area contributed by atoms with Gasteiger partial charge in [-0.15, -0.1) is 11.6 Å². The van der Waals surface area contributed by atoms with Gasteiger partial charge in [-0.25, -0.2) is 8.78 Å². The van der Waals surface area contributed by atoms with Crippen molar-refractivity contribution in [3.05, 3.63) is 70.8 Å². The van der Waals surface area contributed by atoms with Crippen LogP contribution in [0.3, 0.4) is 0 Å². The average molecular weight is 337 g/mol. The van der Waals surface area contributed by atoms with Gasteiger partial charge in [0.05, 0.1) is 6.04 Å². The molecule has 0 fully saturated rings. The van der Waals surface area contributed by atoms with E-state index < -0.39 is 29.1 Å². The Hall–Kier alpha value is -1.72. The normalized spacial score (nSPS) is 12.0. The van der Waals surface area contributed by atoms with Gasteiger partial charge in [0.25, 0.3) is 5.91 Å². The van der Waals surface area contributed by atoms with E-state index in [-0.39, 0.29) is 0 Å². The fraction of sp³-hybridized carbons (Fsp3) is 0.188. The van der Waals surface area contributed by atoms with Crippen LogP contribution in [-0.2, 0) is 5.88 Å². The number of benzene rings is 2. The number of alkyl halides is 1. The highest BCUT2D eigenvalue weighted by Gasteiger charge is 2.20. The minimum atomic E-state index is -0.886. The van der Waals surface area contributed by atoms with Crippen molar-refractivity contribution in [2.45, 2.75) is 18.0 Å². The topological polar surface area (TPSA) is 29.1 Å². The fourth-order valence-corrected chi connectivity index (χ4v) is 2.55. The van der Waals surface area contributed by atoms with Crippen molar-refractivity contribution in [3.8, 4) is 0 Å². The standard InChI is InChI=1S/C16H13ClF2NOSi/c17-8-10-4-6-11(7-5-10)14(9-22)20-16(21)15-12(18)2-1-3-13(15)19/h1-7,14H,8-9H2,(H,20,21). The third kappa shape index (κ3) is 3.72. The molecule has 0 aliphatic carbocycles. The number of nitrogens with one attached hydrogen (secondary N) is 1. The number of halogens is 3. The Bertz CT molecular complexity index is 643. The Morgan fingerprint density at radius 1 is 1.14 bits per heavy atom. The summed E-state index contributed by atoms with van der Waals surface area (Å²) < 4.78 is 27.3. The molecule has 1 unspecified atom stereocenters. The lowest BCUT2D eigenvalue weighted by molar-refractivity contribution is 0.0931. The molecule has 0 heterocycles. The van der Waals surface area contributed by atoms with Crippen molar-refractivity contribution in [3.63, 3.8) is 0 Å². The lowest BCUT2D eigenvalue weighted by atomic mass is 10.1.